The minimum atomic E-state index is 0.446. The Morgan fingerprint density at radius 2 is 2.05 bits per heavy atom. The van der Waals surface area contributed by atoms with E-state index in [0.717, 1.165) is 18.5 Å². The number of hydrogen-bond donors (Lipinski definition) is 1. The van der Waals surface area contributed by atoms with Gasteiger partial charge in [-0.2, -0.15) is 0 Å². The van der Waals surface area contributed by atoms with Crippen LogP contribution in [-0.2, 0) is 0 Å². The van der Waals surface area contributed by atoms with E-state index in [0.29, 0.717) is 5.41 Å². The monoisotopic (exact) mass is 268 g/mol. The van der Waals surface area contributed by atoms with Crippen LogP contribution in [-0.4, -0.2) is 37.1 Å². The van der Waals surface area contributed by atoms with Crippen LogP contribution in [0.3, 0.4) is 0 Å². The van der Waals surface area contributed by atoms with Gasteiger partial charge in [-0.1, -0.05) is 41.0 Å². The summed E-state index contributed by atoms with van der Waals surface area (Å²) in [6.07, 6.45) is 6.77. The van der Waals surface area contributed by atoms with Gasteiger partial charge < -0.3 is 5.32 Å². The molecular formula is C17H36N2. The van der Waals surface area contributed by atoms with Crippen LogP contribution in [0.5, 0.6) is 0 Å². The van der Waals surface area contributed by atoms with Crippen LogP contribution in [0.1, 0.15) is 66.7 Å². The molecule has 1 fully saturated rings. The average Bonchev–Trinajstić information content (AvgIpc) is 2.75. The third kappa shape index (κ3) is 5.83. The molecule has 0 aromatic heterocycles. The molecule has 1 N–H and O–H groups in total. The first-order chi connectivity index (χ1) is 9.00. The molecule has 1 heterocycles. The number of hydrogen-bond acceptors (Lipinski definition) is 2. The first-order valence-electron chi connectivity index (χ1n) is 8.45. The minimum absolute atomic E-state index is 0.446. The summed E-state index contributed by atoms with van der Waals surface area (Å²) in [5.41, 5.74) is 0.446. The highest BCUT2D eigenvalue weighted by Crippen LogP contribution is 2.29. The summed E-state index contributed by atoms with van der Waals surface area (Å²) in [5.74, 6) is 0.751. The van der Waals surface area contributed by atoms with Crippen molar-refractivity contribution in [1.82, 2.24) is 10.2 Å². The highest BCUT2D eigenvalue weighted by Gasteiger charge is 2.31. The highest BCUT2D eigenvalue weighted by atomic mass is 15.2. The number of likely N-dealkylation sites (tertiary alicyclic amines) is 1. The number of nitrogens with one attached hydrogen (secondary N) is 1. The van der Waals surface area contributed by atoms with E-state index >= 15 is 0 Å². The lowest BCUT2D eigenvalue weighted by Gasteiger charge is -2.37. The van der Waals surface area contributed by atoms with E-state index in [4.69, 9.17) is 0 Å². The Morgan fingerprint density at radius 3 is 2.63 bits per heavy atom. The molecule has 0 saturated carbocycles. The summed E-state index contributed by atoms with van der Waals surface area (Å²) in [5, 5.41) is 3.69. The maximum atomic E-state index is 3.69. The normalized spacial score (nSPS) is 24.0. The minimum Gasteiger partial charge on any atom is -0.316 e. The Bertz CT molecular complexity index is 239. The largest absolute Gasteiger partial charge is 0.316 e. The van der Waals surface area contributed by atoms with Gasteiger partial charge in [0, 0.05) is 19.1 Å². The van der Waals surface area contributed by atoms with Gasteiger partial charge in [-0.25, -0.2) is 0 Å². The maximum Gasteiger partial charge on any atom is 0.00933 e. The smallest absolute Gasteiger partial charge is 0.00933 e. The molecule has 2 unspecified atom stereocenters. The predicted octanol–water partition coefficient (Wildman–Crippen LogP) is 3.91. The Morgan fingerprint density at radius 1 is 1.32 bits per heavy atom. The molecule has 19 heavy (non-hydrogen) atoms. The van der Waals surface area contributed by atoms with E-state index in [-0.39, 0.29) is 0 Å². The summed E-state index contributed by atoms with van der Waals surface area (Å²) in [4.78, 5) is 2.76. The van der Waals surface area contributed by atoms with Crippen LogP contribution < -0.4 is 5.32 Å². The fraction of sp³-hybridized carbons (Fsp3) is 1.00. The summed E-state index contributed by atoms with van der Waals surface area (Å²) in [7, 11) is 0. The van der Waals surface area contributed by atoms with Crippen molar-refractivity contribution in [3.63, 3.8) is 0 Å². The fourth-order valence-electron chi connectivity index (χ4n) is 3.55. The Balaban J connectivity index is 2.49. The van der Waals surface area contributed by atoms with Gasteiger partial charge in [-0.15, -0.1) is 0 Å². The van der Waals surface area contributed by atoms with E-state index in [1.165, 1.54) is 51.7 Å². The molecule has 0 spiro atoms. The highest BCUT2D eigenvalue weighted by molar-refractivity contribution is 4.86. The van der Waals surface area contributed by atoms with Crippen molar-refractivity contribution in [2.45, 2.75) is 72.8 Å². The average molecular weight is 268 g/mol. The zero-order valence-corrected chi connectivity index (χ0v) is 14.0. The number of rotatable bonds is 9. The SMILES string of the molecule is CCCC(C)(CNCC(C)C)CN1CCCC1CC. The molecule has 0 radical (unpaired) electrons. The lowest BCUT2D eigenvalue weighted by atomic mass is 9.84. The van der Waals surface area contributed by atoms with Crippen molar-refractivity contribution in [2.75, 3.05) is 26.2 Å². The van der Waals surface area contributed by atoms with E-state index < -0.39 is 0 Å². The summed E-state index contributed by atoms with van der Waals surface area (Å²) < 4.78 is 0. The molecule has 114 valence electrons. The standard InChI is InChI=1S/C17H36N2/c1-6-10-17(5,13-18-12-15(3)4)14-19-11-8-9-16(19)7-2/h15-16,18H,6-14H2,1-5H3. The molecule has 1 aliphatic heterocycles. The van der Waals surface area contributed by atoms with Gasteiger partial charge in [0.1, 0.15) is 0 Å². The van der Waals surface area contributed by atoms with Crippen LogP contribution in [0, 0.1) is 11.3 Å². The zero-order chi connectivity index (χ0) is 14.3. The quantitative estimate of drug-likeness (QED) is 0.682. The second-order valence-corrected chi connectivity index (χ2v) is 7.26. The van der Waals surface area contributed by atoms with Crippen LogP contribution >= 0.6 is 0 Å². The molecule has 0 aliphatic carbocycles. The molecule has 2 nitrogen and oxygen atoms in total. The predicted molar refractivity (Wildman–Crippen MR) is 85.6 cm³/mol. The Labute approximate surface area is 121 Å². The van der Waals surface area contributed by atoms with Gasteiger partial charge in [0.25, 0.3) is 0 Å². The van der Waals surface area contributed by atoms with Gasteiger partial charge >= 0.3 is 0 Å². The van der Waals surface area contributed by atoms with Crippen molar-refractivity contribution in [3.8, 4) is 0 Å². The first-order valence-corrected chi connectivity index (χ1v) is 8.45. The van der Waals surface area contributed by atoms with E-state index in [1.54, 1.807) is 0 Å². The van der Waals surface area contributed by atoms with Gasteiger partial charge in [-0.3, -0.25) is 4.90 Å². The van der Waals surface area contributed by atoms with Crippen molar-refractivity contribution < 1.29 is 0 Å². The summed E-state index contributed by atoms with van der Waals surface area (Å²) >= 11 is 0. The third-order valence-electron chi connectivity index (χ3n) is 4.51. The fourth-order valence-corrected chi connectivity index (χ4v) is 3.55. The van der Waals surface area contributed by atoms with E-state index in [1.807, 2.05) is 0 Å². The Hall–Kier alpha value is -0.0800. The molecule has 1 aliphatic rings. The lowest BCUT2D eigenvalue weighted by Crippen LogP contribution is -2.44. The van der Waals surface area contributed by atoms with Crippen LogP contribution in [0.25, 0.3) is 0 Å². The molecule has 0 aromatic rings. The summed E-state index contributed by atoms with van der Waals surface area (Å²) in [6.45, 7) is 16.7. The van der Waals surface area contributed by atoms with Gasteiger partial charge in [0.05, 0.1) is 0 Å². The molecule has 0 aromatic carbocycles. The van der Waals surface area contributed by atoms with E-state index in [2.05, 4.69) is 44.8 Å². The molecule has 2 atom stereocenters. The van der Waals surface area contributed by atoms with Crippen LogP contribution in [0.2, 0.25) is 0 Å². The maximum absolute atomic E-state index is 3.69. The molecular weight excluding hydrogens is 232 g/mol. The van der Waals surface area contributed by atoms with Crippen molar-refractivity contribution in [3.05, 3.63) is 0 Å². The summed E-state index contributed by atoms with van der Waals surface area (Å²) in [6, 6.07) is 0.848. The lowest BCUT2D eigenvalue weighted by molar-refractivity contribution is 0.136. The van der Waals surface area contributed by atoms with Crippen molar-refractivity contribution in [2.24, 2.45) is 11.3 Å². The van der Waals surface area contributed by atoms with Crippen molar-refractivity contribution in [1.29, 1.82) is 0 Å². The molecule has 0 amide bonds. The molecule has 0 bridgehead atoms. The van der Waals surface area contributed by atoms with Gasteiger partial charge in [0.2, 0.25) is 0 Å². The topological polar surface area (TPSA) is 15.3 Å². The molecule has 1 rings (SSSR count). The number of nitrogens with zero attached hydrogens (tertiary/aromatic N) is 1. The van der Waals surface area contributed by atoms with Crippen LogP contribution in [0.15, 0.2) is 0 Å². The third-order valence-corrected chi connectivity index (χ3v) is 4.51. The second kappa shape index (κ2) is 8.26. The molecule has 1 saturated heterocycles. The van der Waals surface area contributed by atoms with Crippen molar-refractivity contribution >= 4 is 0 Å². The zero-order valence-electron chi connectivity index (χ0n) is 14.0. The van der Waals surface area contributed by atoms with Crippen LogP contribution in [0.4, 0.5) is 0 Å². The van der Waals surface area contributed by atoms with E-state index in [9.17, 15) is 0 Å². The first kappa shape index (κ1) is 17.0. The molecule has 2 heteroatoms. The van der Waals surface area contributed by atoms with Gasteiger partial charge in [0.15, 0.2) is 0 Å². The van der Waals surface area contributed by atoms with Gasteiger partial charge in [-0.05, 0) is 50.1 Å². The second-order valence-electron chi connectivity index (χ2n) is 7.26. The Kier molecular flexibility index (Phi) is 7.38.